The van der Waals surface area contributed by atoms with Gasteiger partial charge in [-0.05, 0) is 107 Å². The number of ether oxygens (including phenoxy) is 3. The van der Waals surface area contributed by atoms with E-state index in [2.05, 4.69) is 45.9 Å². The van der Waals surface area contributed by atoms with E-state index in [1.54, 1.807) is 0 Å². The number of carbonyl (C=O) groups excluding carboxylic acids is 2. The van der Waals surface area contributed by atoms with Crippen molar-refractivity contribution in [2.75, 3.05) is 38.1 Å². The van der Waals surface area contributed by atoms with E-state index in [0.29, 0.717) is 25.5 Å². The number of aryl methyl sites for hydroxylation is 1. The Balaban J connectivity index is 1.14. The van der Waals surface area contributed by atoms with Gasteiger partial charge in [0.15, 0.2) is 0 Å². The molecule has 6 rings (SSSR count). The minimum absolute atomic E-state index is 0.0438. The van der Waals surface area contributed by atoms with Crippen molar-refractivity contribution in [1.29, 1.82) is 0 Å². The lowest BCUT2D eigenvalue weighted by Gasteiger charge is -2.43. The molecule has 0 saturated carbocycles. The SMILES string of the molecule is CC(C)(C)OC(=O)NCCc1cccc(OCCCc2ccc(-c3ccccc3)c(NC(=O)O[C@H]3CN4CCC3CC4)c2)c1. The van der Waals surface area contributed by atoms with Gasteiger partial charge in [-0.25, -0.2) is 9.59 Å². The molecule has 3 aromatic rings. The zero-order valence-electron chi connectivity index (χ0n) is 26.1. The van der Waals surface area contributed by atoms with Crippen molar-refractivity contribution < 1.29 is 23.8 Å². The number of nitrogens with zero attached hydrogens (tertiary/aromatic N) is 1. The van der Waals surface area contributed by atoms with Crippen molar-refractivity contribution in [1.82, 2.24) is 10.2 Å². The number of anilines is 1. The molecule has 0 spiro atoms. The maximum atomic E-state index is 13.1. The van der Waals surface area contributed by atoms with Gasteiger partial charge in [0.2, 0.25) is 0 Å². The van der Waals surface area contributed by atoms with Gasteiger partial charge in [-0.15, -0.1) is 0 Å². The van der Waals surface area contributed by atoms with Crippen LogP contribution in [-0.4, -0.2) is 61.6 Å². The summed E-state index contributed by atoms with van der Waals surface area (Å²) in [6, 6.07) is 24.3. The molecule has 8 heteroatoms. The number of hydrogen-bond acceptors (Lipinski definition) is 6. The predicted molar refractivity (Wildman–Crippen MR) is 173 cm³/mol. The van der Waals surface area contributed by atoms with Crippen LogP contribution in [0, 0.1) is 5.92 Å². The lowest BCUT2D eigenvalue weighted by atomic mass is 9.86. The highest BCUT2D eigenvalue weighted by Crippen LogP contribution is 2.32. The second-order valence-electron chi connectivity index (χ2n) is 12.7. The van der Waals surface area contributed by atoms with Crippen molar-refractivity contribution >= 4 is 17.9 Å². The molecule has 234 valence electrons. The summed E-state index contributed by atoms with van der Waals surface area (Å²) in [6.07, 6.45) is 3.66. The molecular weight excluding hydrogens is 554 g/mol. The van der Waals surface area contributed by atoms with E-state index in [0.717, 1.165) is 79.0 Å². The molecule has 8 nitrogen and oxygen atoms in total. The van der Waals surface area contributed by atoms with Gasteiger partial charge in [-0.2, -0.15) is 0 Å². The average Bonchev–Trinajstić information content (AvgIpc) is 3.00. The Hall–Kier alpha value is -4.04. The second-order valence-corrected chi connectivity index (χ2v) is 12.7. The van der Waals surface area contributed by atoms with E-state index < -0.39 is 11.7 Å². The number of alkyl carbamates (subject to hydrolysis) is 1. The van der Waals surface area contributed by atoms with Crippen LogP contribution in [0.5, 0.6) is 5.75 Å². The highest BCUT2D eigenvalue weighted by Gasteiger charge is 2.36. The predicted octanol–water partition coefficient (Wildman–Crippen LogP) is 7.08. The smallest absolute Gasteiger partial charge is 0.411 e. The van der Waals surface area contributed by atoms with E-state index in [1.165, 1.54) is 0 Å². The lowest BCUT2D eigenvalue weighted by Crippen LogP contribution is -2.52. The van der Waals surface area contributed by atoms with E-state index in [-0.39, 0.29) is 12.2 Å². The summed E-state index contributed by atoms with van der Waals surface area (Å²) < 4.78 is 17.3. The second kappa shape index (κ2) is 14.6. The number of amides is 2. The Labute approximate surface area is 261 Å². The summed E-state index contributed by atoms with van der Waals surface area (Å²) in [4.78, 5) is 27.3. The lowest BCUT2D eigenvalue weighted by molar-refractivity contribution is -0.0289. The molecule has 2 N–H and O–H groups in total. The number of carbonyl (C=O) groups is 2. The van der Waals surface area contributed by atoms with Gasteiger partial charge in [-0.3, -0.25) is 10.2 Å². The number of rotatable bonds is 11. The average molecular weight is 600 g/mol. The topological polar surface area (TPSA) is 89.1 Å². The number of nitrogens with one attached hydrogen (secondary N) is 2. The first kappa shape index (κ1) is 31.4. The number of piperidine rings is 3. The first-order valence-corrected chi connectivity index (χ1v) is 15.8. The third-order valence-electron chi connectivity index (χ3n) is 8.12. The Morgan fingerprint density at radius 1 is 0.886 bits per heavy atom. The summed E-state index contributed by atoms with van der Waals surface area (Å²) in [5.74, 6) is 1.26. The monoisotopic (exact) mass is 599 g/mol. The normalized spacial score (nSPS) is 19.2. The van der Waals surface area contributed by atoms with E-state index in [4.69, 9.17) is 14.2 Å². The van der Waals surface area contributed by atoms with E-state index >= 15 is 0 Å². The molecule has 3 fully saturated rings. The molecule has 3 aliphatic rings. The fourth-order valence-corrected chi connectivity index (χ4v) is 5.92. The van der Waals surface area contributed by atoms with Crippen molar-refractivity contribution in [2.45, 2.75) is 64.6 Å². The fourth-order valence-electron chi connectivity index (χ4n) is 5.92. The third kappa shape index (κ3) is 9.23. The summed E-state index contributed by atoms with van der Waals surface area (Å²) in [5, 5.41) is 5.87. The van der Waals surface area contributed by atoms with Crippen molar-refractivity contribution in [3.63, 3.8) is 0 Å². The van der Waals surface area contributed by atoms with Crippen molar-refractivity contribution in [3.8, 4) is 16.9 Å². The van der Waals surface area contributed by atoms with Gasteiger partial charge < -0.3 is 19.5 Å². The minimum Gasteiger partial charge on any atom is -0.494 e. The maximum Gasteiger partial charge on any atom is 0.411 e. The molecular formula is C36H45N3O5. The fraction of sp³-hybridized carbons (Fsp3) is 0.444. The van der Waals surface area contributed by atoms with Gasteiger partial charge >= 0.3 is 12.2 Å². The van der Waals surface area contributed by atoms with E-state index in [1.807, 2.05) is 63.2 Å². The van der Waals surface area contributed by atoms with Crippen LogP contribution in [0.25, 0.3) is 11.1 Å². The molecule has 3 aromatic carbocycles. The third-order valence-corrected chi connectivity index (χ3v) is 8.12. The first-order chi connectivity index (χ1) is 21.2. The summed E-state index contributed by atoms with van der Waals surface area (Å²) in [5.41, 5.74) is 4.45. The molecule has 3 heterocycles. The van der Waals surface area contributed by atoms with Crippen LogP contribution in [0.2, 0.25) is 0 Å². The quantitative estimate of drug-likeness (QED) is 0.229. The first-order valence-electron chi connectivity index (χ1n) is 15.8. The van der Waals surface area contributed by atoms with Crippen LogP contribution in [0.3, 0.4) is 0 Å². The van der Waals surface area contributed by atoms with Crippen molar-refractivity contribution in [3.05, 3.63) is 83.9 Å². The largest absolute Gasteiger partial charge is 0.494 e. The summed E-state index contributed by atoms with van der Waals surface area (Å²) in [7, 11) is 0. The molecule has 44 heavy (non-hydrogen) atoms. The van der Waals surface area contributed by atoms with Gasteiger partial charge in [0.1, 0.15) is 17.5 Å². The highest BCUT2D eigenvalue weighted by atomic mass is 16.6. The highest BCUT2D eigenvalue weighted by molar-refractivity contribution is 5.91. The molecule has 2 bridgehead atoms. The van der Waals surface area contributed by atoms with Crippen LogP contribution in [0.15, 0.2) is 72.8 Å². The van der Waals surface area contributed by atoms with Gasteiger partial charge in [0.25, 0.3) is 0 Å². The van der Waals surface area contributed by atoms with Crippen LogP contribution in [0.1, 0.15) is 51.2 Å². The zero-order chi connectivity index (χ0) is 30.9. The van der Waals surface area contributed by atoms with Crippen LogP contribution in [0.4, 0.5) is 15.3 Å². The summed E-state index contributed by atoms with van der Waals surface area (Å²) in [6.45, 7) is 9.63. The van der Waals surface area contributed by atoms with Crippen LogP contribution >= 0.6 is 0 Å². The number of benzene rings is 3. The van der Waals surface area contributed by atoms with Gasteiger partial charge in [0.05, 0.1) is 12.3 Å². The Morgan fingerprint density at radius 3 is 2.39 bits per heavy atom. The number of fused-ring (bicyclic) bond motifs is 3. The maximum absolute atomic E-state index is 13.1. The molecule has 0 radical (unpaired) electrons. The molecule has 3 aliphatic heterocycles. The van der Waals surface area contributed by atoms with Gasteiger partial charge in [0, 0.05) is 18.7 Å². The Bertz CT molecular complexity index is 1400. The van der Waals surface area contributed by atoms with E-state index in [9.17, 15) is 9.59 Å². The molecule has 2 amide bonds. The number of hydrogen-bond donors (Lipinski definition) is 2. The molecule has 0 aromatic heterocycles. The van der Waals surface area contributed by atoms with Gasteiger partial charge in [-0.1, -0.05) is 54.6 Å². The zero-order valence-corrected chi connectivity index (χ0v) is 26.1. The van der Waals surface area contributed by atoms with Crippen LogP contribution < -0.4 is 15.4 Å². The molecule has 0 aliphatic carbocycles. The standard InChI is InChI=1S/C36H45N3O5/c1-36(2,3)44-34(40)37-19-16-27-9-7-13-30(23-27)42-22-8-10-26-14-15-31(28-11-5-4-6-12-28)32(24-26)38-35(41)43-33-25-39-20-17-29(33)18-21-39/h4-7,9,11-15,23-24,29,33H,8,10,16-22,25H2,1-3H3,(H,37,40)(H,38,41)/t33-/m0/s1. The Morgan fingerprint density at radius 2 is 1.66 bits per heavy atom. The molecule has 1 atom stereocenters. The minimum atomic E-state index is -0.515. The summed E-state index contributed by atoms with van der Waals surface area (Å²) >= 11 is 0. The molecule has 0 unspecified atom stereocenters. The van der Waals surface area contributed by atoms with Crippen LogP contribution in [-0.2, 0) is 22.3 Å². The van der Waals surface area contributed by atoms with Crippen molar-refractivity contribution in [2.24, 2.45) is 5.92 Å². The Kier molecular flexibility index (Phi) is 10.4. The molecule has 3 saturated heterocycles.